The largest absolute Gasteiger partial charge is 0.466 e. The summed E-state index contributed by atoms with van der Waals surface area (Å²) in [6, 6.07) is 3.62. The number of nitrogens with zero attached hydrogens (tertiary/aromatic N) is 4. The van der Waals surface area contributed by atoms with E-state index in [1.54, 1.807) is 16.9 Å². The molecule has 7 nitrogen and oxygen atoms in total. The second-order valence-electron chi connectivity index (χ2n) is 8.26. The molecule has 0 aliphatic heterocycles. The summed E-state index contributed by atoms with van der Waals surface area (Å²) in [6.07, 6.45) is -2.23. The molecule has 0 aliphatic rings. The topological polar surface area (TPSA) is 76.2 Å². The first kappa shape index (κ1) is 23.8. The molecule has 0 spiro atoms. The summed E-state index contributed by atoms with van der Waals surface area (Å²) in [6.45, 7) is 7.13. The fourth-order valence-electron chi connectivity index (χ4n) is 3.64. The minimum atomic E-state index is -4.24. The van der Waals surface area contributed by atoms with Crippen LogP contribution in [0.2, 0.25) is 0 Å². The summed E-state index contributed by atoms with van der Waals surface area (Å²) in [7, 11) is 1.41. The Hall–Kier alpha value is -2.88. The molecule has 1 amide bonds. The number of aromatic nitrogens is 3. The summed E-state index contributed by atoms with van der Waals surface area (Å²) in [5.41, 5.74) is 2.40. The molecule has 0 fully saturated rings. The van der Waals surface area contributed by atoms with E-state index in [0.29, 0.717) is 34.5 Å². The number of fused-ring (bicyclic) bond motifs is 1. The second-order valence-corrected chi connectivity index (χ2v) is 8.26. The number of furan rings is 1. The lowest BCUT2D eigenvalue weighted by atomic mass is 10.1. The predicted octanol–water partition coefficient (Wildman–Crippen LogP) is 4.50. The Bertz CT molecular complexity index is 1100. The van der Waals surface area contributed by atoms with Crippen LogP contribution >= 0.6 is 0 Å². The minimum absolute atomic E-state index is 0.0440. The number of halogens is 3. The number of carbonyl (C=O) groups excluding carboxylic acids is 1. The zero-order chi connectivity index (χ0) is 23.6. The van der Waals surface area contributed by atoms with Crippen molar-refractivity contribution >= 4 is 16.9 Å². The van der Waals surface area contributed by atoms with Gasteiger partial charge in [0.15, 0.2) is 5.65 Å². The maximum atomic E-state index is 13.0. The molecule has 0 unspecified atom stereocenters. The maximum Gasteiger partial charge on any atom is 0.401 e. The van der Waals surface area contributed by atoms with E-state index in [0.717, 1.165) is 11.3 Å². The molecule has 10 heteroatoms. The van der Waals surface area contributed by atoms with Crippen LogP contribution in [-0.2, 0) is 0 Å². The third-order valence-electron chi connectivity index (χ3n) is 5.07. The fraction of sp³-hybridized carbons (Fsp3) is 0.500. The van der Waals surface area contributed by atoms with Gasteiger partial charge in [-0.1, -0.05) is 0 Å². The quantitative estimate of drug-likeness (QED) is 0.510. The van der Waals surface area contributed by atoms with Crippen molar-refractivity contribution in [2.24, 2.45) is 0 Å². The van der Waals surface area contributed by atoms with Crippen LogP contribution in [0.4, 0.5) is 13.2 Å². The summed E-state index contributed by atoms with van der Waals surface area (Å²) in [4.78, 5) is 18.9. The van der Waals surface area contributed by atoms with Crippen LogP contribution < -0.4 is 5.32 Å². The Morgan fingerprint density at radius 3 is 2.59 bits per heavy atom. The SMILES string of the molecule is Cc1cc(-c2cc(C(=O)NCCCN(C)CC(F)(F)F)c3cnn(C(C)C)c3n2)c(C)o1. The number of hydrogen-bond donors (Lipinski definition) is 1. The number of alkyl halides is 3. The van der Waals surface area contributed by atoms with E-state index < -0.39 is 12.7 Å². The Morgan fingerprint density at radius 2 is 2.00 bits per heavy atom. The molecular weight excluding hydrogens is 423 g/mol. The van der Waals surface area contributed by atoms with Gasteiger partial charge in [0.25, 0.3) is 5.91 Å². The highest BCUT2D eigenvalue weighted by atomic mass is 19.4. The number of aryl methyl sites for hydroxylation is 2. The van der Waals surface area contributed by atoms with Gasteiger partial charge in [-0.3, -0.25) is 9.69 Å². The van der Waals surface area contributed by atoms with Crippen molar-refractivity contribution in [3.05, 3.63) is 35.4 Å². The van der Waals surface area contributed by atoms with Gasteiger partial charge in [0, 0.05) is 18.2 Å². The van der Waals surface area contributed by atoms with Gasteiger partial charge >= 0.3 is 6.18 Å². The standard InChI is InChI=1S/C22H28F3N5O2/c1-13(2)30-20-18(11-27-30)17(10-19(28-20)16-9-14(3)32-15(16)4)21(31)26-7-6-8-29(5)12-22(23,24)25/h9-11,13H,6-8,12H2,1-5H3,(H,26,31). The Labute approximate surface area is 184 Å². The average molecular weight is 451 g/mol. The van der Waals surface area contributed by atoms with E-state index in [1.165, 1.54) is 11.9 Å². The highest BCUT2D eigenvalue weighted by Crippen LogP contribution is 2.30. The van der Waals surface area contributed by atoms with E-state index >= 15 is 0 Å². The van der Waals surface area contributed by atoms with Gasteiger partial charge in [0.2, 0.25) is 0 Å². The number of amides is 1. The first-order valence-electron chi connectivity index (χ1n) is 10.5. The molecular formula is C22H28F3N5O2. The van der Waals surface area contributed by atoms with Gasteiger partial charge in [-0.2, -0.15) is 18.3 Å². The van der Waals surface area contributed by atoms with E-state index in [4.69, 9.17) is 9.40 Å². The Morgan fingerprint density at radius 1 is 1.28 bits per heavy atom. The minimum Gasteiger partial charge on any atom is -0.466 e. The molecule has 3 heterocycles. The van der Waals surface area contributed by atoms with Crippen LogP contribution in [0.3, 0.4) is 0 Å². The molecule has 0 atom stereocenters. The van der Waals surface area contributed by atoms with Gasteiger partial charge < -0.3 is 9.73 Å². The van der Waals surface area contributed by atoms with Gasteiger partial charge in [0.05, 0.1) is 29.4 Å². The lowest BCUT2D eigenvalue weighted by Gasteiger charge is -2.18. The van der Waals surface area contributed by atoms with Crippen molar-refractivity contribution in [2.45, 2.75) is 46.3 Å². The molecule has 32 heavy (non-hydrogen) atoms. The second kappa shape index (κ2) is 9.32. The average Bonchev–Trinajstić information content (AvgIpc) is 3.25. The van der Waals surface area contributed by atoms with Crippen molar-refractivity contribution in [1.29, 1.82) is 0 Å². The predicted molar refractivity (Wildman–Crippen MR) is 116 cm³/mol. The molecule has 0 saturated heterocycles. The lowest BCUT2D eigenvalue weighted by Crippen LogP contribution is -2.33. The molecule has 0 bridgehead atoms. The normalized spacial score (nSPS) is 12.3. The molecule has 0 saturated carbocycles. The summed E-state index contributed by atoms with van der Waals surface area (Å²) in [5, 5.41) is 7.82. The van der Waals surface area contributed by atoms with E-state index in [9.17, 15) is 18.0 Å². The van der Waals surface area contributed by atoms with Crippen molar-refractivity contribution in [3.8, 4) is 11.3 Å². The van der Waals surface area contributed by atoms with Crippen molar-refractivity contribution in [2.75, 3.05) is 26.7 Å². The third kappa shape index (κ3) is 5.48. The van der Waals surface area contributed by atoms with E-state index in [2.05, 4.69) is 10.4 Å². The Balaban J connectivity index is 1.83. The highest BCUT2D eigenvalue weighted by Gasteiger charge is 2.28. The third-order valence-corrected chi connectivity index (χ3v) is 5.07. The van der Waals surface area contributed by atoms with E-state index in [1.807, 2.05) is 33.8 Å². The lowest BCUT2D eigenvalue weighted by molar-refractivity contribution is -0.143. The maximum absolute atomic E-state index is 13.0. The molecule has 1 N–H and O–H groups in total. The van der Waals surface area contributed by atoms with Crippen LogP contribution in [0.1, 0.15) is 48.2 Å². The first-order chi connectivity index (χ1) is 15.0. The number of pyridine rings is 1. The molecule has 3 aromatic rings. The van der Waals surface area contributed by atoms with Crippen molar-refractivity contribution in [1.82, 2.24) is 25.0 Å². The number of rotatable bonds is 8. The molecule has 0 radical (unpaired) electrons. The van der Waals surface area contributed by atoms with Gasteiger partial charge in [-0.15, -0.1) is 0 Å². The molecule has 0 aromatic carbocycles. The number of carbonyl (C=O) groups is 1. The fourth-order valence-corrected chi connectivity index (χ4v) is 3.64. The van der Waals surface area contributed by atoms with Crippen LogP contribution in [0.15, 0.2) is 22.7 Å². The molecule has 3 rings (SSSR count). The van der Waals surface area contributed by atoms with Crippen LogP contribution in [-0.4, -0.2) is 58.4 Å². The highest BCUT2D eigenvalue weighted by molar-refractivity contribution is 6.06. The summed E-state index contributed by atoms with van der Waals surface area (Å²) >= 11 is 0. The van der Waals surface area contributed by atoms with Crippen molar-refractivity contribution < 1.29 is 22.4 Å². The molecule has 174 valence electrons. The smallest absolute Gasteiger partial charge is 0.401 e. The first-order valence-corrected chi connectivity index (χ1v) is 10.5. The number of hydrogen-bond acceptors (Lipinski definition) is 5. The monoisotopic (exact) mass is 451 g/mol. The molecule has 3 aromatic heterocycles. The summed E-state index contributed by atoms with van der Waals surface area (Å²) < 4.78 is 44.7. The van der Waals surface area contributed by atoms with Crippen molar-refractivity contribution in [3.63, 3.8) is 0 Å². The zero-order valence-corrected chi connectivity index (χ0v) is 18.9. The zero-order valence-electron chi connectivity index (χ0n) is 18.9. The summed E-state index contributed by atoms with van der Waals surface area (Å²) in [5.74, 6) is 1.12. The van der Waals surface area contributed by atoms with Gasteiger partial charge in [0.1, 0.15) is 11.5 Å². The van der Waals surface area contributed by atoms with Gasteiger partial charge in [-0.25, -0.2) is 9.67 Å². The number of nitrogens with one attached hydrogen (secondary N) is 1. The Kier molecular flexibility index (Phi) is 6.92. The van der Waals surface area contributed by atoms with E-state index in [-0.39, 0.29) is 25.0 Å². The van der Waals surface area contributed by atoms with Crippen LogP contribution in [0.25, 0.3) is 22.3 Å². The van der Waals surface area contributed by atoms with Gasteiger partial charge in [-0.05, 0) is 59.8 Å². The molecule has 0 aliphatic carbocycles. The van der Waals surface area contributed by atoms with Crippen LogP contribution in [0, 0.1) is 13.8 Å². The van der Waals surface area contributed by atoms with Crippen LogP contribution in [0.5, 0.6) is 0 Å².